The van der Waals surface area contributed by atoms with Crippen molar-refractivity contribution in [3.05, 3.63) is 69.6 Å². The second-order valence-corrected chi connectivity index (χ2v) is 6.23. The molecule has 0 aliphatic carbocycles. The number of thiophene rings is 1. The fourth-order valence-electron chi connectivity index (χ4n) is 2.78. The number of carboxylic acids is 1. The van der Waals surface area contributed by atoms with Gasteiger partial charge in [0.05, 0.1) is 10.5 Å². The van der Waals surface area contributed by atoms with Gasteiger partial charge in [0.25, 0.3) is 0 Å². The molecule has 3 aromatic rings. The van der Waals surface area contributed by atoms with Gasteiger partial charge in [0, 0.05) is 0 Å². The highest BCUT2D eigenvalue weighted by Gasteiger charge is 2.38. The van der Waals surface area contributed by atoms with Gasteiger partial charge >= 0.3 is 5.97 Å². The number of tetrazole rings is 1. The van der Waals surface area contributed by atoms with Gasteiger partial charge in [0.15, 0.2) is 0 Å². The van der Waals surface area contributed by atoms with Crippen LogP contribution < -0.4 is 5.32 Å². The second kappa shape index (κ2) is 5.95. The molecule has 0 spiro atoms. The number of allylic oxidation sites excluding steroid dienone is 1. The van der Waals surface area contributed by atoms with Crippen molar-refractivity contribution in [1.29, 1.82) is 0 Å². The van der Waals surface area contributed by atoms with Crippen molar-refractivity contribution in [2.75, 3.05) is 5.32 Å². The fourth-order valence-corrected chi connectivity index (χ4v) is 3.46. The van der Waals surface area contributed by atoms with Gasteiger partial charge in [-0.2, -0.15) is 4.68 Å². The Bertz CT molecular complexity index is 978. The highest BCUT2D eigenvalue weighted by atomic mass is 32.1. The van der Waals surface area contributed by atoms with Crippen LogP contribution in [0.2, 0.25) is 0 Å². The maximum Gasteiger partial charge on any atom is 0.352 e. The van der Waals surface area contributed by atoms with Gasteiger partial charge in [-0.1, -0.05) is 41.5 Å². The lowest BCUT2D eigenvalue weighted by Crippen LogP contribution is -2.32. The summed E-state index contributed by atoms with van der Waals surface area (Å²) in [5, 5.41) is 25.4. The quantitative estimate of drug-likeness (QED) is 0.690. The molecule has 2 N–H and O–H groups in total. The molecule has 0 amide bonds. The molecule has 4 rings (SSSR count). The van der Waals surface area contributed by atoms with Crippen molar-refractivity contribution in [3.8, 4) is 0 Å². The Balaban J connectivity index is 1.96. The number of ketones is 1. The van der Waals surface area contributed by atoms with Crippen molar-refractivity contribution in [2.45, 2.75) is 6.04 Å². The normalized spacial score (nSPS) is 16.2. The number of hydrogen-bond donors (Lipinski definition) is 2. The Labute approximate surface area is 145 Å². The SMILES string of the molecule is O=C(O)C1=C(C(=O)c2cccs2)C(c2ccccc2)n2nnnc2N1. The van der Waals surface area contributed by atoms with E-state index in [9.17, 15) is 14.7 Å². The number of aromatic nitrogens is 4. The van der Waals surface area contributed by atoms with E-state index in [-0.39, 0.29) is 23.0 Å². The van der Waals surface area contributed by atoms with E-state index < -0.39 is 12.0 Å². The van der Waals surface area contributed by atoms with E-state index in [0.29, 0.717) is 4.88 Å². The zero-order valence-electron chi connectivity index (χ0n) is 12.7. The van der Waals surface area contributed by atoms with Crippen molar-refractivity contribution < 1.29 is 14.7 Å². The van der Waals surface area contributed by atoms with Crippen LogP contribution in [0, 0.1) is 0 Å². The van der Waals surface area contributed by atoms with Crippen molar-refractivity contribution in [3.63, 3.8) is 0 Å². The van der Waals surface area contributed by atoms with Crippen LogP contribution >= 0.6 is 11.3 Å². The number of rotatable bonds is 4. The number of aliphatic carboxylic acids is 1. The molecule has 0 saturated heterocycles. The Kier molecular flexibility index (Phi) is 3.62. The lowest BCUT2D eigenvalue weighted by molar-refractivity contribution is -0.132. The summed E-state index contributed by atoms with van der Waals surface area (Å²) in [5.41, 5.74) is 0.603. The summed E-state index contributed by atoms with van der Waals surface area (Å²) < 4.78 is 1.42. The van der Waals surface area contributed by atoms with E-state index in [0.717, 1.165) is 5.56 Å². The van der Waals surface area contributed by atoms with Crippen molar-refractivity contribution in [1.82, 2.24) is 20.2 Å². The van der Waals surface area contributed by atoms with Crippen LogP contribution in [0.1, 0.15) is 21.3 Å². The third-order valence-corrected chi connectivity index (χ3v) is 4.70. The number of hydrogen-bond acceptors (Lipinski definition) is 7. The van der Waals surface area contributed by atoms with Gasteiger partial charge in [-0.3, -0.25) is 4.79 Å². The summed E-state index contributed by atoms with van der Waals surface area (Å²) in [5.74, 6) is -1.43. The summed E-state index contributed by atoms with van der Waals surface area (Å²) in [4.78, 5) is 25.3. The molecule has 25 heavy (non-hydrogen) atoms. The molecular weight excluding hydrogens is 342 g/mol. The molecule has 8 nitrogen and oxygen atoms in total. The minimum absolute atomic E-state index is 0.0981. The van der Waals surface area contributed by atoms with E-state index in [1.807, 2.05) is 30.3 Å². The number of nitrogens with one attached hydrogen (secondary N) is 1. The van der Waals surface area contributed by atoms with Gasteiger partial charge in [0.2, 0.25) is 11.7 Å². The van der Waals surface area contributed by atoms with E-state index in [1.165, 1.54) is 16.0 Å². The van der Waals surface area contributed by atoms with Gasteiger partial charge < -0.3 is 10.4 Å². The van der Waals surface area contributed by atoms with Crippen LogP contribution in [0.15, 0.2) is 59.1 Å². The lowest BCUT2D eigenvalue weighted by Gasteiger charge is -2.27. The molecule has 1 aliphatic rings. The molecule has 124 valence electrons. The predicted molar refractivity (Wildman–Crippen MR) is 89.3 cm³/mol. The largest absolute Gasteiger partial charge is 0.477 e. The van der Waals surface area contributed by atoms with Crippen LogP contribution in [-0.4, -0.2) is 37.1 Å². The molecule has 0 fully saturated rings. The third kappa shape index (κ3) is 2.50. The fraction of sp³-hybridized carbons (Fsp3) is 0.0625. The highest BCUT2D eigenvalue weighted by Crippen LogP contribution is 2.36. The Hall–Kier alpha value is -3.33. The monoisotopic (exact) mass is 353 g/mol. The minimum atomic E-state index is -1.24. The first-order chi connectivity index (χ1) is 12.2. The number of carbonyl (C=O) groups excluding carboxylic acids is 1. The summed E-state index contributed by atoms with van der Waals surface area (Å²) >= 11 is 1.25. The topological polar surface area (TPSA) is 110 Å². The molecular formula is C16H11N5O3S. The zero-order chi connectivity index (χ0) is 17.4. The van der Waals surface area contributed by atoms with Crippen molar-refractivity contribution in [2.24, 2.45) is 0 Å². The number of Topliss-reactive ketones (excluding diaryl/α,β-unsaturated/α-hetero) is 1. The summed E-state index contributed by atoms with van der Waals surface area (Å²) in [6.07, 6.45) is 0. The minimum Gasteiger partial charge on any atom is -0.477 e. The molecule has 2 aromatic heterocycles. The standard InChI is InChI=1S/C16H11N5O3S/c22-14(10-7-4-8-25-10)11-12(15(23)24)17-16-18-19-20-21(16)13(11)9-5-2-1-3-6-9/h1-8,13H,(H,23,24)(H,17,18,20). The molecule has 1 atom stereocenters. The number of nitrogens with zero attached hydrogens (tertiary/aromatic N) is 4. The zero-order valence-corrected chi connectivity index (χ0v) is 13.5. The summed E-state index contributed by atoms with van der Waals surface area (Å²) in [7, 11) is 0. The van der Waals surface area contributed by atoms with Crippen LogP contribution in [0.25, 0.3) is 0 Å². The first-order valence-electron chi connectivity index (χ1n) is 7.32. The number of carboxylic acid groups (broad SMARTS) is 1. The Morgan fingerprint density at radius 2 is 1.96 bits per heavy atom. The van der Waals surface area contributed by atoms with Gasteiger partial charge in [0.1, 0.15) is 11.7 Å². The molecule has 3 heterocycles. The summed E-state index contributed by atoms with van der Waals surface area (Å²) in [6.45, 7) is 0. The average molecular weight is 353 g/mol. The van der Waals surface area contributed by atoms with Gasteiger partial charge in [-0.15, -0.1) is 11.3 Å². The van der Waals surface area contributed by atoms with Crippen LogP contribution in [0.3, 0.4) is 0 Å². The Morgan fingerprint density at radius 1 is 1.16 bits per heavy atom. The molecule has 0 saturated carbocycles. The predicted octanol–water partition coefficient (Wildman–Crippen LogP) is 1.97. The first kappa shape index (κ1) is 15.2. The number of carbonyl (C=O) groups is 2. The van der Waals surface area contributed by atoms with Crippen LogP contribution in [-0.2, 0) is 4.79 Å². The molecule has 1 unspecified atom stereocenters. The smallest absolute Gasteiger partial charge is 0.352 e. The molecule has 9 heteroatoms. The molecule has 0 bridgehead atoms. The van der Waals surface area contributed by atoms with Crippen molar-refractivity contribution >= 4 is 29.0 Å². The molecule has 0 radical (unpaired) electrons. The van der Waals surface area contributed by atoms with E-state index in [4.69, 9.17) is 0 Å². The number of anilines is 1. The Morgan fingerprint density at radius 3 is 2.64 bits per heavy atom. The third-order valence-electron chi connectivity index (χ3n) is 3.84. The van der Waals surface area contributed by atoms with E-state index in [1.54, 1.807) is 17.5 Å². The molecule has 1 aliphatic heterocycles. The van der Waals surface area contributed by atoms with E-state index >= 15 is 0 Å². The number of benzene rings is 1. The maximum absolute atomic E-state index is 13.1. The maximum atomic E-state index is 13.1. The average Bonchev–Trinajstić information content (AvgIpc) is 3.31. The first-order valence-corrected chi connectivity index (χ1v) is 8.20. The summed E-state index contributed by atoms with van der Waals surface area (Å²) in [6, 6.07) is 11.8. The highest BCUT2D eigenvalue weighted by molar-refractivity contribution is 7.12. The van der Waals surface area contributed by atoms with Gasteiger partial charge in [-0.05, 0) is 27.4 Å². The van der Waals surface area contributed by atoms with E-state index in [2.05, 4.69) is 20.8 Å². The van der Waals surface area contributed by atoms with Gasteiger partial charge in [-0.25, -0.2) is 4.79 Å². The second-order valence-electron chi connectivity index (χ2n) is 5.29. The number of fused-ring (bicyclic) bond motifs is 1. The van der Waals surface area contributed by atoms with Crippen LogP contribution in [0.5, 0.6) is 0 Å². The molecule has 1 aromatic carbocycles. The lowest BCUT2D eigenvalue weighted by atomic mass is 9.91. The van der Waals surface area contributed by atoms with Crippen LogP contribution in [0.4, 0.5) is 5.95 Å².